The number of carbonyl (C=O) groups is 1. The molecule has 0 aromatic carbocycles. The van der Waals surface area contributed by atoms with E-state index in [4.69, 9.17) is 9.47 Å². The number of methoxy groups -OCH3 is 1. The molecule has 1 fully saturated rings. The maximum atomic E-state index is 11.5. The minimum atomic E-state index is -0.460. The molecule has 15 heavy (non-hydrogen) atoms. The monoisotopic (exact) mass is 216 g/mol. The first-order chi connectivity index (χ1) is 6.92. The zero-order chi connectivity index (χ0) is 11.5. The van der Waals surface area contributed by atoms with Gasteiger partial charge < -0.3 is 20.1 Å². The highest BCUT2D eigenvalue weighted by atomic mass is 16.6. The van der Waals surface area contributed by atoms with E-state index >= 15 is 0 Å². The zero-order valence-electron chi connectivity index (χ0n) is 9.79. The van der Waals surface area contributed by atoms with E-state index in [2.05, 4.69) is 10.6 Å². The Kier molecular flexibility index (Phi) is 3.93. The third kappa shape index (κ3) is 4.05. The van der Waals surface area contributed by atoms with Gasteiger partial charge in [-0.25, -0.2) is 4.79 Å². The van der Waals surface area contributed by atoms with E-state index in [0.717, 1.165) is 13.1 Å². The topological polar surface area (TPSA) is 59.6 Å². The summed E-state index contributed by atoms with van der Waals surface area (Å²) in [5.74, 6) is 0. The van der Waals surface area contributed by atoms with Crippen LogP contribution in [0.3, 0.4) is 0 Å². The summed E-state index contributed by atoms with van der Waals surface area (Å²) in [7, 11) is 1.64. The third-order valence-corrected chi connectivity index (χ3v) is 2.16. The van der Waals surface area contributed by atoms with Crippen molar-refractivity contribution in [2.75, 3.05) is 20.2 Å². The summed E-state index contributed by atoms with van der Waals surface area (Å²) in [6, 6.07) is -0.00940. The van der Waals surface area contributed by atoms with E-state index in [0.29, 0.717) is 0 Å². The van der Waals surface area contributed by atoms with Crippen LogP contribution in [0.1, 0.15) is 20.8 Å². The molecule has 5 heteroatoms. The molecule has 2 atom stereocenters. The van der Waals surface area contributed by atoms with E-state index in [9.17, 15) is 4.79 Å². The van der Waals surface area contributed by atoms with Crippen LogP contribution in [-0.2, 0) is 9.47 Å². The Balaban J connectivity index is 2.37. The molecule has 0 aromatic rings. The molecule has 1 saturated heterocycles. The standard InChI is InChI=1S/C10H20N2O3/c1-10(2,3)15-9(13)12-7-5-11-6-8(7)14-4/h7-8,11H,5-6H2,1-4H3,(H,12,13)/t7-,8+/m0/s1. The Morgan fingerprint density at radius 3 is 2.60 bits per heavy atom. The quantitative estimate of drug-likeness (QED) is 0.705. The highest BCUT2D eigenvalue weighted by molar-refractivity contribution is 5.68. The smallest absolute Gasteiger partial charge is 0.408 e. The summed E-state index contributed by atoms with van der Waals surface area (Å²) < 4.78 is 10.4. The van der Waals surface area contributed by atoms with Gasteiger partial charge in [-0.05, 0) is 20.8 Å². The molecule has 5 nitrogen and oxygen atoms in total. The van der Waals surface area contributed by atoms with Gasteiger partial charge in [0.15, 0.2) is 0 Å². The van der Waals surface area contributed by atoms with Gasteiger partial charge in [0.1, 0.15) is 5.60 Å². The molecular formula is C10H20N2O3. The van der Waals surface area contributed by atoms with Crippen LogP contribution in [-0.4, -0.2) is 44.0 Å². The van der Waals surface area contributed by atoms with Gasteiger partial charge in [-0.15, -0.1) is 0 Å². The molecular weight excluding hydrogens is 196 g/mol. The molecule has 0 aromatic heterocycles. The minimum Gasteiger partial charge on any atom is -0.444 e. The van der Waals surface area contributed by atoms with E-state index in [-0.39, 0.29) is 12.1 Å². The number of hydrogen-bond acceptors (Lipinski definition) is 4. The van der Waals surface area contributed by atoms with Gasteiger partial charge >= 0.3 is 6.09 Å². The maximum Gasteiger partial charge on any atom is 0.408 e. The lowest BCUT2D eigenvalue weighted by Crippen LogP contribution is -2.45. The first-order valence-electron chi connectivity index (χ1n) is 5.15. The van der Waals surface area contributed by atoms with Crippen molar-refractivity contribution >= 4 is 6.09 Å². The second-order valence-corrected chi connectivity index (χ2v) is 4.69. The Hall–Kier alpha value is -0.810. The van der Waals surface area contributed by atoms with Crippen LogP contribution >= 0.6 is 0 Å². The first-order valence-corrected chi connectivity index (χ1v) is 5.15. The number of carbonyl (C=O) groups excluding carboxylic acids is 1. The van der Waals surface area contributed by atoms with Crippen molar-refractivity contribution in [2.45, 2.75) is 38.5 Å². The van der Waals surface area contributed by atoms with Crippen molar-refractivity contribution in [1.29, 1.82) is 0 Å². The van der Waals surface area contributed by atoms with E-state index < -0.39 is 11.7 Å². The average Bonchev–Trinajstić information content (AvgIpc) is 2.48. The molecule has 1 aliphatic heterocycles. The molecule has 0 spiro atoms. The van der Waals surface area contributed by atoms with Crippen LogP contribution in [0.4, 0.5) is 4.79 Å². The van der Waals surface area contributed by atoms with E-state index in [1.54, 1.807) is 7.11 Å². The van der Waals surface area contributed by atoms with Gasteiger partial charge in [-0.1, -0.05) is 0 Å². The minimum absolute atomic E-state index is 0.00940. The normalized spacial score (nSPS) is 26.4. The molecule has 0 aliphatic carbocycles. The average molecular weight is 216 g/mol. The highest BCUT2D eigenvalue weighted by Crippen LogP contribution is 2.09. The fourth-order valence-electron chi connectivity index (χ4n) is 1.51. The van der Waals surface area contributed by atoms with Crippen molar-refractivity contribution < 1.29 is 14.3 Å². The lowest BCUT2D eigenvalue weighted by atomic mass is 10.2. The van der Waals surface area contributed by atoms with Crippen molar-refractivity contribution in [3.8, 4) is 0 Å². The molecule has 2 N–H and O–H groups in total. The largest absolute Gasteiger partial charge is 0.444 e. The second-order valence-electron chi connectivity index (χ2n) is 4.69. The van der Waals surface area contributed by atoms with E-state index in [1.807, 2.05) is 20.8 Å². The molecule has 0 saturated carbocycles. The molecule has 1 heterocycles. The van der Waals surface area contributed by atoms with Crippen LogP contribution < -0.4 is 10.6 Å². The number of hydrogen-bond donors (Lipinski definition) is 2. The third-order valence-electron chi connectivity index (χ3n) is 2.16. The Bertz CT molecular complexity index is 225. The first kappa shape index (κ1) is 12.3. The molecule has 1 amide bonds. The number of alkyl carbamates (subject to hydrolysis) is 1. The Morgan fingerprint density at radius 1 is 1.40 bits per heavy atom. The van der Waals surface area contributed by atoms with Gasteiger partial charge in [0, 0.05) is 20.2 Å². The van der Waals surface area contributed by atoms with Gasteiger partial charge in [0.25, 0.3) is 0 Å². The lowest BCUT2D eigenvalue weighted by Gasteiger charge is -2.23. The van der Waals surface area contributed by atoms with Crippen molar-refractivity contribution in [1.82, 2.24) is 10.6 Å². The predicted octanol–water partition coefficient (Wildman–Crippen LogP) is 0.498. The predicted molar refractivity (Wildman–Crippen MR) is 56.8 cm³/mol. The molecule has 1 rings (SSSR count). The summed E-state index contributed by atoms with van der Waals surface area (Å²) in [4.78, 5) is 11.5. The van der Waals surface area contributed by atoms with Crippen LogP contribution in [0.15, 0.2) is 0 Å². The number of ether oxygens (including phenoxy) is 2. The molecule has 0 radical (unpaired) electrons. The zero-order valence-corrected chi connectivity index (χ0v) is 9.79. The number of rotatable bonds is 2. The summed E-state index contributed by atoms with van der Waals surface area (Å²) in [6.07, 6.45) is -0.365. The molecule has 0 unspecified atom stereocenters. The summed E-state index contributed by atoms with van der Waals surface area (Å²) in [5.41, 5.74) is -0.460. The van der Waals surface area contributed by atoms with Crippen LogP contribution in [0, 0.1) is 0 Å². The maximum absolute atomic E-state index is 11.5. The SMILES string of the molecule is CO[C@@H]1CNC[C@@H]1NC(=O)OC(C)(C)C. The van der Waals surface area contributed by atoms with Crippen molar-refractivity contribution in [2.24, 2.45) is 0 Å². The molecule has 88 valence electrons. The Morgan fingerprint density at radius 2 is 2.07 bits per heavy atom. The van der Waals surface area contributed by atoms with Gasteiger partial charge in [0.2, 0.25) is 0 Å². The van der Waals surface area contributed by atoms with Crippen molar-refractivity contribution in [3.05, 3.63) is 0 Å². The van der Waals surface area contributed by atoms with Gasteiger partial charge in [0.05, 0.1) is 12.1 Å². The summed E-state index contributed by atoms with van der Waals surface area (Å²) in [6.45, 7) is 7.00. The Labute approximate surface area is 90.5 Å². The second kappa shape index (κ2) is 4.81. The van der Waals surface area contributed by atoms with Crippen molar-refractivity contribution in [3.63, 3.8) is 0 Å². The van der Waals surface area contributed by atoms with Gasteiger partial charge in [-0.3, -0.25) is 0 Å². The van der Waals surface area contributed by atoms with Crippen LogP contribution in [0.2, 0.25) is 0 Å². The fraction of sp³-hybridized carbons (Fsp3) is 0.900. The van der Waals surface area contributed by atoms with Crippen LogP contribution in [0.5, 0.6) is 0 Å². The fourth-order valence-corrected chi connectivity index (χ4v) is 1.51. The van der Waals surface area contributed by atoms with Crippen LogP contribution in [0.25, 0.3) is 0 Å². The number of nitrogens with one attached hydrogen (secondary N) is 2. The van der Waals surface area contributed by atoms with E-state index in [1.165, 1.54) is 0 Å². The summed E-state index contributed by atoms with van der Waals surface area (Å²) in [5, 5.41) is 5.93. The number of amides is 1. The van der Waals surface area contributed by atoms with Gasteiger partial charge in [-0.2, -0.15) is 0 Å². The highest BCUT2D eigenvalue weighted by Gasteiger charge is 2.29. The molecule has 1 aliphatic rings. The lowest BCUT2D eigenvalue weighted by molar-refractivity contribution is 0.0417. The summed E-state index contributed by atoms with van der Waals surface area (Å²) >= 11 is 0. The molecule has 0 bridgehead atoms.